The second kappa shape index (κ2) is 13.6. The summed E-state index contributed by atoms with van der Waals surface area (Å²) >= 11 is 0. The Balaban J connectivity index is 1.80. The quantitative estimate of drug-likeness (QED) is 0.489. The van der Waals surface area contributed by atoms with Crippen molar-refractivity contribution in [2.24, 2.45) is 5.92 Å². The third-order valence-electron chi connectivity index (χ3n) is 5.03. The number of likely N-dealkylation sites (tertiary alicyclic amines) is 1. The summed E-state index contributed by atoms with van der Waals surface area (Å²) < 4.78 is 0. The van der Waals surface area contributed by atoms with Gasteiger partial charge in [0, 0.05) is 0 Å². The van der Waals surface area contributed by atoms with Crippen LogP contribution in [0.5, 0.6) is 0 Å². The van der Waals surface area contributed by atoms with Gasteiger partial charge in [0.15, 0.2) is 0 Å². The van der Waals surface area contributed by atoms with E-state index in [2.05, 4.69) is 24.2 Å². The summed E-state index contributed by atoms with van der Waals surface area (Å²) in [4.78, 5) is 2.69. The zero-order valence-corrected chi connectivity index (χ0v) is 14.8. The molecule has 0 aliphatic carbocycles. The maximum Gasteiger partial charge on any atom is -0.00156 e. The SMILES string of the molecule is CCCCCCCCCCCCN1CCC(CNC)CC1. The minimum atomic E-state index is 0.930. The molecule has 0 aromatic rings. The Morgan fingerprint density at radius 3 is 1.86 bits per heavy atom. The molecule has 1 saturated heterocycles. The molecule has 0 saturated carbocycles. The van der Waals surface area contributed by atoms with Crippen molar-refractivity contribution < 1.29 is 0 Å². The van der Waals surface area contributed by atoms with Crippen molar-refractivity contribution in [2.45, 2.75) is 84.0 Å². The summed E-state index contributed by atoms with van der Waals surface area (Å²) in [7, 11) is 2.08. The fourth-order valence-electron chi connectivity index (χ4n) is 3.53. The van der Waals surface area contributed by atoms with E-state index in [-0.39, 0.29) is 0 Å². The van der Waals surface area contributed by atoms with E-state index >= 15 is 0 Å². The zero-order chi connectivity index (χ0) is 15.2. The Labute approximate surface area is 134 Å². The Hall–Kier alpha value is -0.0800. The van der Waals surface area contributed by atoms with Crippen LogP contribution in [0.15, 0.2) is 0 Å². The minimum absolute atomic E-state index is 0.930. The molecule has 126 valence electrons. The highest BCUT2D eigenvalue weighted by Gasteiger charge is 2.17. The molecule has 2 nitrogen and oxygen atoms in total. The van der Waals surface area contributed by atoms with Crippen LogP contribution in [0, 0.1) is 5.92 Å². The molecule has 0 radical (unpaired) electrons. The lowest BCUT2D eigenvalue weighted by Gasteiger charge is -2.31. The third kappa shape index (κ3) is 10.3. The molecule has 1 heterocycles. The fourth-order valence-corrected chi connectivity index (χ4v) is 3.53. The van der Waals surface area contributed by atoms with Gasteiger partial charge in [-0.2, -0.15) is 0 Å². The Bertz CT molecular complexity index is 210. The average Bonchev–Trinajstić information content (AvgIpc) is 2.51. The molecule has 0 spiro atoms. The summed E-state index contributed by atoms with van der Waals surface area (Å²) in [6.45, 7) is 7.53. The van der Waals surface area contributed by atoms with E-state index in [1.54, 1.807) is 0 Å². The van der Waals surface area contributed by atoms with Crippen molar-refractivity contribution in [3.8, 4) is 0 Å². The number of nitrogens with zero attached hydrogens (tertiary/aromatic N) is 1. The Kier molecular flexibility index (Phi) is 12.3. The Morgan fingerprint density at radius 2 is 1.33 bits per heavy atom. The maximum atomic E-state index is 3.32. The van der Waals surface area contributed by atoms with E-state index in [1.165, 1.54) is 103 Å². The highest BCUT2D eigenvalue weighted by molar-refractivity contribution is 4.73. The first kappa shape index (κ1) is 19.0. The average molecular weight is 297 g/mol. The zero-order valence-electron chi connectivity index (χ0n) is 14.8. The second-order valence-electron chi connectivity index (χ2n) is 7.02. The first-order chi connectivity index (χ1) is 10.4. The van der Waals surface area contributed by atoms with Crippen molar-refractivity contribution >= 4 is 0 Å². The normalized spacial score (nSPS) is 17.4. The highest BCUT2D eigenvalue weighted by atomic mass is 15.1. The molecule has 1 aliphatic heterocycles. The molecule has 2 heteroatoms. The van der Waals surface area contributed by atoms with Gasteiger partial charge in [0.05, 0.1) is 0 Å². The lowest BCUT2D eigenvalue weighted by Crippen LogP contribution is -2.37. The van der Waals surface area contributed by atoms with Gasteiger partial charge in [-0.05, 0) is 58.4 Å². The number of nitrogens with one attached hydrogen (secondary N) is 1. The maximum absolute atomic E-state index is 3.32. The van der Waals surface area contributed by atoms with E-state index in [9.17, 15) is 0 Å². The molecule has 0 amide bonds. The van der Waals surface area contributed by atoms with Crippen LogP contribution in [0.4, 0.5) is 0 Å². The van der Waals surface area contributed by atoms with Crippen molar-refractivity contribution in [1.82, 2.24) is 10.2 Å². The van der Waals surface area contributed by atoms with E-state index in [0.29, 0.717) is 0 Å². The van der Waals surface area contributed by atoms with Crippen LogP contribution in [-0.2, 0) is 0 Å². The molecule has 1 aliphatic rings. The van der Waals surface area contributed by atoms with E-state index < -0.39 is 0 Å². The van der Waals surface area contributed by atoms with Crippen LogP contribution in [-0.4, -0.2) is 38.1 Å². The molecule has 0 aromatic carbocycles. The minimum Gasteiger partial charge on any atom is -0.319 e. The van der Waals surface area contributed by atoms with Crippen molar-refractivity contribution in [2.75, 3.05) is 33.2 Å². The largest absolute Gasteiger partial charge is 0.319 e. The standard InChI is InChI=1S/C19H40N2/c1-3-4-5-6-7-8-9-10-11-12-15-21-16-13-19(14-17-21)18-20-2/h19-20H,3-18H2,1-2H3. The van der Waals surface area contributed by atoms with Crippen LogP contribution < -0.4 is 5.32 Å². The summed E-state index contributed by atoms with van der Waals surface area (Å²) in [5.74, 6) is 0.930. The van der Waals surface area contributed by atoms with E-state index in [0.717, 1.165) is 5.92 Å². The van der Waals surface area contributed by atoms with Gasteiger partial charge in [0.1, 0.15) is 0 Å². The molecule has 0 atom stereocenters. The predicted molar refractivity (Wildman–Crippen MR) is 94.9 cm³/mol. The van der Waals surface area contributed by atoms with Crippen molar-refractivity contribution in [1.29, 1.82) is 0 Å². The van der Waals surface area contributed by atoms with Gasteiger partial charge in [-0.15, -0.1) is 0 Å². The van der Waals surface area contributed by atoms with Gasteiger partial charge in [0.25, 0.3) is 0 Å². The molecule has 21 heavy (non-hydrogen) atoms. The summed E-state index contributed by atoms with van der Waals surface area (Å²) in [5.41, 5.74) is 0. The Morgan fingerprint density at radius 1 is 0.810 bits per heavy atom. The highest BCUT2D eigenvalue weighted by Crippen LogP contribution is 2.17. The van der Waals surface area contributed by atoms with Crippen LogP contribution >= 0.6 is 0 Å². The monoisotopic (exact) mass is 296 g/mol. The van der Waals surface area contributed by atoms with Gasteiger partial charge in [-0.3, -0.25) is 0 Å². The van der Waals surface area contributed by atoms with Crippen LogP contribution in [0.1, 0.15) is 84.0 Å². The summed E-state index contributed by atoms with van der Waals surface area (Å²) in [5, 5.41) is 3.32. The van der Waals surface area contributed by atoms with E-state index in [4.69, 9.17) is 0 Å². The first-order valence-electron chi connectivity index (χ1n) is 9.73. The molecule has 1 rings (SSSR count). The number of hydrogen-bond donors (Lipinski definition) is 1. The van der Waals surface area contributed by atoms with Gasteiger partial charge in [-0.1, -0.05) is 64.7 Å². The summed E-state index contributed by atoms with van der Waals surface area (Å²) in [6, 6.07) is 0. The van der Waals surface area contributed by atoms with Crippen LogP contribution in [0.25, 0.3) is 0 Å². The molecule has 0 bridgehead atoms. The second-order valence-corrected chi connectivity index (χ2v) is 7.02. The predicted octanol–water partition coefficient (Wildman–Crippen LogP) is 4.84. The molecule has 0 aromatic heterocycles. The molecular weight excluding hydrogens is 256 g/mol. The van der Waals surface area contributed by atoms with Gasteiger partial charge in [0.2, 0.25) is 0 Å². The van der Waals surface area contributed by atoms with Crippen molar-refractivity contribution in [3.63, 3.8) is 0 Å². The number of rotatable bonds is 13. The first-order valence-corrected chi connectivity index (χ1v) is 9.73. The molecule has 0 unspecified atom stereocenters. The summed E-state index contributed by atoms with van der Waals surface area (Å²) in [6.07, 6.45) is 17.3. The van der Waals surface area contributed by atoms with Gasteiger partial charge >= 0.3 is 0 Å². The van der Waals surface area contributed by atoms with Gasteiger partial charge in [-0.25, -0.2) is 0 Å². The van der Waals surface area contributed by atoms with E-state index in [1.807, 2.05) is 0 Å². The molecule has 1 fully saturated rings. The number of piperidine rings is 1. The number of unbranched alkanes of at least 4 members (excludes halogenated alkanes) is 9. The fraction of sp³-hybridized carbons (Fsp3) is 1.00. The van der Waals surface area contributed by atoms with Crippen molar-refractivity contribution in [3.05, 3.63) is 0 Å². The third-order valence-corrected chi connectivity index (χ3v) is 5.03. The van der Waals surface area contributed by atoms with Crippen LogP contribution in [0.2, 0.25) is 0 Å². The topological polar surface area (TPSA) is 15.3 Å². The lowest BCUT2D eigenvalue weighted by atomic mass is 9.96. The number of hydrogen-bond acceptors (Lipinski definition) is 2. The molecular formula is C19H40N2. The lowest BCUT2D eigenvalue weighted by molar-refractivity contribution is 0.180. The smallest absolute Gasteiger partial charge is 0.00156 e. The van der Waals surface area contributed by atoms with Crippen LogP contribution in [0.3, 0.4) is 0 Å². The van der Waals surface area contributed by atoms with Gasteiger partial charge < -0.3 is 10.2 Å². The molecule has 1 N–H and O–H groups in total.